The van der Waals surface area contributed by atoms with Gasteiger partial charge >= 0.3 is 0 Å². The third kappa shape index (κ3) is 5.94. The molecule has 0 saturated carbocycles. The zero-order chi connectivity index (χ0) is 14.1. The third-order valence-electron chi connectivity index (χ3n) is 3.10. The highest BCUT2D eigenvalue weighted by atomic mass is 16.5. The fraction of sp³-hybridized carbons (Fsp3) is 0.600. The van der Waals surface area contributed by atoms with Crippen LogP contribution in [-0.2, 0) is 0 Å². The van der Waals surface area contributed by atoms with Crippen molar-refractivity contribution in [1.29, 1.82) is 0 Å². The van der Waals surface area contributed by atoms with Gasteiger partial charge in [0, 0.05) is 18.8 Å². The topological polar surface area (TPSA) is 41.7 Å². The van der Waals surface area contributed by atoms with Crippen molar-refractivity contribution in [3.05, 3.63) is 24.3 Å². The first-order chi connectivity index (χ1) is 9.17. The smallest absolute Gasteiger partial charge is 0.119 e. The summed E-state index contributed by atoms with van der Waals surface area (Å²) in [5, 5.41) is 0. The maximum absolute atomic E-state index is 5.62. The Hall–Kier alpha value is -1.26. The van der Waals surface area contributed by atoms with Crippen molar-refractivity contribution < 1.29 is 4.74 Å². The number of anilines is 1. The first-order valence-corrected chi connectivity index (χ1v) is 6.91. The highest BCUT2D eigenvalue weighted by Crippen LogP contribution is 2.19. The van der Waals surface area contributed by atoms with E-state index in [1.807, 2.05) is 12.1 Å². The van der Waals surface area contributed by atoms with Gasteiger partial charge in [0.15, 0.2) is 0 Å². The molecule has 4 heteroatoms. The second-order valence-electron chi connectivity index (χ2n) is 4.98. The molecule has 0 amide bonds. The average Bonchev–Trinajstić information content (AvgIpc) is 2.42. The Morgan fingerprint density at radius 1 is 1.00 bits per heavy atom. The summed E-state index contributed by atoms with van der Waals surface area (Å²) >= 11 is 0. The lowest BCUT2D eigenvalue weighted by Gasteiger charge is -2.25. The summed E-state index contributed by atoms with van der Waals surface area (Å²) in [4.78, 5) is 4.62. The van der Waals surface area contributed by atoms with Crippen LogP contribution in [-0.4, -0.2) is 52.3 Å². The van der Waals surface area contributed by atoms with Gasteiger partial charge in [0.2, 0.25) is 0 Å². The van der Waals surface area contributed by atoms with Crippen LogP contribution in [0.3, 0.4) is 0 Å². The van der Waals surface area contributed by atoms with Crippen molar-refractivity contribution in [3.8, 4) is 5.75 Å². The van der Waals surface area contributed by atoms with Crippen molar-refractivity contribution in [2.24, 2.45) is 5.73 Å². The molecule has 0 aliphatic carbocycles. The fourth-order valence-corrected chi connectivity index (χ4v) is 2.02. The Bertz CT molecular complexity index is 338. The molecule has 0 aromatic heterocycles. The van der Waals surface area contributed by atoms with Crippen LogP contribution in [0.25, 0.3) is 0 Å². The first-order valence-electron chi connectivity index (χ1n) is 6.91. The molecule has 4 nitrogen and oxygen atoms in total. The van der Waals surface area contributed by atoms with Gasteiger partial charge in [-0.15, -0.1) is 0 Å². The minimum absolute atomic E-state index is 0.736. The molecule has 0 unspecified atom stereocenters. The summed E-state index contributed by atoms with van der Waals surface area (Å²) in [6.07, 6.45) is 2.18. The van der Waals surface area contributed by atoms with Crippen LogP contribution in [0.2, 0.25) is 0 Å². The van der Waals surface area contributed by atoms with Crippen LogP contribution in [0.4, 0.5) is 5.69 Å². The van der Waals surface area contributed by atoms with E-state index in [1.54, 1.807) is 7.11 Å². The average molecular weight is 265 g/mol. The molecule has 1 aromatic rings. The van der Waals surface area contributed by atoms with Gasteiger partial charge in [-0.25, -0.2) is 0 Å². The molecule has 0 heterocycles. The standard InChI is InChI=1S/C15H27N3O/c1-17(2)11-5-13-18(12-4-10-16)14-6-8-15(19-3)9-7-14/h6-9H,4-5,10-13,16H2,1-3H3. The minimum Gasteiger partial charge on any atom is -0.497 e. The lowest BCUT2D eigenvalue weighted by molar-refractivity contribution is 0.400. The molecule has 0 aliphatic rings. The zero-order valence-electron chi connectivity index (χ0n) is 12.4. The van der Waals surface area contributed by atoms with Crippen LogP contribution in [0.1, 0.15) is 12.8 Å². The van der Waals surface area contributed by atoms with Crippen LogP contribution in [0, 0.1) is 0 Å². The van der Waals surface area contributed by atoms with E-state index in [2.05, 4.69) is 36.0 Å². The SMILES string of the molecule is COc1ccc(N(CCCN)CCCN(C)C)cc1. The Balaban J connectivity index is 2.60. The molecule has 0 aliphatic heterocycles. The third-order valence-corrected chi connectivity index (χ3v) is 3.10. The molecule has 0 radical (unpaired) electrons. The Morgan fingerprint density at radius 2 is 1.63 bits per heavy atom. The van der Waals surface area contributed by atoms with E-state index in [9.17, 15) is 0 Å². The van der Waals surface area contributed by atoms with E-state index in [1.165, 1.54) is 5.69 Å². The van der Waals surface area contributed by atoms with Crippen molar-refractivity contribution in [2.45, 2.75) is 12.8 Å². The second kappa shape index (κ2) is 8.77. The van der Waals surface area contributed by atoms with Crippen molar-refractivity contribution in [1.82, 2.24) is 4.90 Å². The van der Waals surface area contributed by atoms with Gasteiger partial charge in [-0.3, -0.25) is 0 Å². The lowest BCUT2D eigenvalue weighted by Crippen LogP contribution is -2.29. The Kier molecular flexibility index (Phi) is 7.30. The number of nitrogens with two attached hydrogens (primary N) is 1. The number of benzene rings is 1. The molecule has 0 spiro atoms. The predicted molar refractivity (Wildman–Crippen MR) is 82.0 cm³/mol. The summed E-state index contributed by atoms with van der Waals surface area (Å²) in [6, 6.07) is 8.25. The molecule has 108 valence electrons. The maximum Gasteiger partial charge on any atom is 0.119 e. The van der Waals surface area contributed by atoms with E-state index in [0.29, 0.717) is 0 Å². The molecule has 0 saturated heterocycles. The van der Waals surface area contributed by atoms with Gasteiger partial charge in [0.1, 0.15) is 5.75 Å². The van der Waals surface area contributed by atoms with Crippen LogP contribution in [0.5, 0.6) is 5.75 Å². The summed E-state index contributed by atoms with van der Waals surface area (Å²) in [5.41, 5.74) is 6.87. The molecule has 0 fully saturated rings. The van der Waals surface area contributed by atoms with Gasteiger partial charge in [-0.1, -0.05) is 0 Å². The molecule has 1 rings (SSSR count). The lowest BCUT2D eigenvalue weighted by atomic mass is 10.2. The Labute approximate surface area is 117 Å². The predicted octanol–water partition coefficient (Wildman–Crippen LogP) is 1.80. The molecular formula is C15H27N3O. The number of ether oxygens (including phenoxy) is 1. The highest BCUT2D eigenvalue weighted by molar-refractivity contribution is 5.49. The maximum atomic E-state index is 5.62. The molecule has 0 atom stereocenters. The highest BCUT2D eigenvalue weighted by Gasteiger charge is 2.06. The zero-order valence-corrected chi connectivity index (χ0v) is 12.4. The minimum atomic E-state index is 0.736. The van der Waals surface area contributed by atoms with Crippen LogP contribution < -0.4 is 15.4 Å². The summed E-state index contributed by atoms with van der Waals surface area (Å²) < 4.78 is 5.20. The summed E-state index contributed by atoms with van der Waals surface area (Å²) in [6.45, 7) is 3.91. The number of hydrogen-bond donors (Lipinski definition) is 1. The van der Waals surface area contributed by atoms with Gasteiger partial charge in [-0.05, 0) is 64.3 Å². The Morgan fingerprint density at radius 3 is 2.16 bits per heavy atom. The second-order valence-corrected chi connectivity index (χ2v) is 4.98. The van der Waals surface area contributed by atoms with E-state index in [-0.39, 0.29) is 0 Å². The summed E-state index contributed by atoms with van der Waals surface area (Å²) in [7, 11) is 5.91. The van der Waals surface area contributed by atoms with Crippen LogP contribution >= 0.6 is 0 Å². The monoisotopic (exact) mass is 265 g/mol. The summed E-state index contributed by atoms with van der Waals surface area (Å²) in [5.74, 6) is 0.899. The first kappa shape index (κ1) is 15.8. The van der Waals surface area contributed by atoms with Crippen LogP contribution in [0.15, 0.2) is 24.3 Å². The molecular weight excluding hydrogens is 238 g/mol. The quantitative estimate of drug-likeness (QED) is 0.739. The van der Waals surface area contributed by atoms with Gasteiger partial charge in [-0.2, -0.15) is 0 Å². The van der Waals surface area contributed by atoms with E-state index in [0.717, 1.165) is 44.8 Å². The largest absolute Gasteiger partial charge is 0.497 e. The normalized spacial score (nSPS) is 10.8. The number of nitrogens with zero attached hydrogens (tertiary/aromatic N) is 2. The molecule has 2 N–H and O–H groups in total. The van der Waals surface area contributed by atoms with Gasteiger partial charge in [0.05, 0.1) is 7.11 Å². The van der Waals surface area contributed by atoms with Crippen molar-refractivity contribution in [3.63, 3.8) is 0 Å². The van der Waals surface area contributed by atoms with Gasteiger partial charge in [0.25, 0.3) is 0 Å². The number of hydrogen-bond acceptors (Lipinski definition) is 4. The molecule has 1 aromatic carbocycles. The molecule has 19 heavy (non-hydrogen) atoms. The fourth-order valence-electron chi connectivity index (χ4n) is 2.02. The van der Waals surface area contributed by atoms with Crippen molar-refractivity contribution >= 4 is 5.69 Å². The number of methoxy groups -OCH3 is 1. The van der Waals surface area contributed by atoms with Gasteiger partial charge < -0.3 is 20.3 Å². The van der Waals surface area contributed by atoms with Crippen molar-refractivity contribution in [2.75, 3.05) is 52.3 Å². The number of rotatable bonds is 9. The van der Waals surface area contributed by atoms with E-state index < -0.39 is 0 Å². The molecule has 0 bridgehead atoms. The van der Waals surface area contributed by atoms with E-state index in [4.69, 9.17) is 10.5 Å². The van der Waals surface area contributed by atoms with E-state index >= 15 is 0 Å².